The molecule has 0 aliphatic heterocycles. The molecular formula is C14H17FN4O2. The van der Waals surface area contributed by atoms with Gasteiger partial charge in [0.2, 0.25) is 5.91 Å². The zero-order valence-electron chi connectivity index (χ0n) is 12.1. The van der Waals surface area contributed by atoms with Crippen molar-refractivity contribution in [3.8, 4) is 5.75 Å². The van der Waals surface area contributed by atoms with Gasteiger partial charge in [-0.2, -0.15) is 0 Å². The van der Waals surface area contributed by atoms with Gasteiger partial charge in [0.1, 0.15) is 18.2 Å². The molecule has 6 nitrogen and oxygen atoms in total. The molecule has 0 saturated heterocycles. The molecule has 0 fully saturated rings. The third kappa shape index (κ3) is 3.01. The number of fused-ring (bicyclic) bond motifs is 1. The van der Waals surface area contributed by atoms with Crippen LogP contribution in [0.4, 0.5) is 10.2 Å². The summed E-state index contributed by atoms with van der Waals surface area (Å²) >= 11 is 0. The first-order valence-electron chi connectivity index (χ1n) is 6.48. The zero-order chi connectivity index (χ0) is 15.6. The average Bonchev–Trinajstić information content (AvgIpc) is 2.43. The van der Waals surface area contributed by atoms with Crippen LogP contribution in [0.25, 0.3) is 10.9 Å². The van der Waals surface area contributed by atoms with Crippen molar-refractivity contribution in [3.63, 3.8) is 0 Å². The van der Waals surface area contributed by atoms with Gasteiger partial charge in [0.15, 0.2) is 11.6 Å². The van der Waals surface area contributed by atoms with Crippen LogP contribution in [0.3, 0.4) is 0 Å². The lowest BCUT2D eigenvalue weighted by Gasteiger charge is -2.20. The maximum atomic E-state index is 13.7. The third-order valence-corrected chi connectivity index (χ3v) is 3.17. The van der Waals surface area contributed by atoms with Gasteiger partial charge in [-0.1, -0.05) is 13.8 Å². The van der Waals surface area contributed by atoms with E-state index in [0.717, 1.165) is 0 Å². The quantitative estimate of drug-likeness (QED) is 0.875. The van der Waals surface area contributed by atoms with Crippen molar-refractivity contribution in [1.82, 2.24) is 9.97 Å². The molecule has 2 rings (SSSR count). The number of nitrogens with zero attached hydrogens (tertiary/aromatic N) is 2. The van der Waals surface area contributed by atoms with Gasteiger partial charge >= 0.3 is 0 Å². The van der Waals surface area contributed by atoms with E-state index < -0.39 is 17.8 Å². The van der Waals surface area contributed by atoms with Crippen LogP contribution in [-0.4, -0.2) is 29.0 Å². The largest absolute Gasteiger partial charge is 0.494 e. The minimum Gasteiger partial charge on any atom is -0.494 e. The summed E-state index contributed by atoms with van der Waals surface area (Å²) in [4.78, 5) is 19.6. The molecule has 21 heavy (non-hydrogen) atoms. The fraction of sp³-hybridized carbons (Fsp3) is 0.357. The highest BCUT2D eigenvalue weighted by molar-refractivity contribution is 5.92. The zero-order valence-corrected chi connectivity index (χ0v) is 12.1. The molecule has 0 spiro atoms. The minimum absolute atomic E-state index is 0.0186. The fourth-order valence-electron chi connectivity index (χ4n) is 2.04. The number of amides is 1. The third-order valence-electron chi connectivity index (χ3n) is 3.17. The molecule has 0 saturated carbocycles. The fourth-order valence-corrected chi connectivity index (χ4v) is 2.04. The van der Waals surface area contributed by atoms with Crippen molar-refractivity contribution in [3.05, 3.63) is 24.3 Å². The Bertz CT molecular complexity index is 675. The average molecular weight is 292 g/mol. The summed E-state index contributed by atoms with van der Waals surface area (Å²) < 4.78 is 18.6. The van der Waals surface area contributed by atoms with Gasteiger partial charge in [0.25, 0.3) is 0 Å². The predicted molar refractivity (Wildman–Crippen MR) is 77.5 cm³/mol. The predicted octanol–water partition coefficient (Wildman–Crippen LogP) is 1.70. The number of benzene rings is 1. The molecule has 3 N–H and O–H groups in total. The molecule has 112 valence electrons. The molecule has 1 heterocycles. The maximum Gasteiger partial charge on any atom is 0.240 e. The van der Waals surface area contributed by atoms with Gasteiger partial charge in [-0.3, -0.25) is 4.79 Å². The summed E-state index contributed by atoms with van der Waals surface area (Å²) in [5.41, 5.74) is 5.79. The number of carbonyl (C=O) groups excluding carboxylic acids is 1. The molecular weight excluding hydrogens is 275 g/mol. The normalized spacial score (nSPS) is 12.4. The van der Waals surface area contributed by atoms with E-state index in [1.807, 2.05) is 13.8 Å². The van der Waals surface area contributed by atoms with Crippen molar-refractivity contribution in [1.29, 1.82) is 0 Å². The molecule has 1 amide bonds. The Morgan fingerprint density at radius 2 is 2.10 bits per heavy atom. The second-order valence-corrected chi connectivity index (χ2v) is 4.99. The van der Waals surface area contributed by atoms with Gasteiger partial charge in [-0.25, -0.2) is 14.4 Å². The van der Waals surface area contributed by atoms with Crippen LogP contribution in [0.1, 0.15) is 13.8 Å². The van der Waals surface area contributed by atoms with E-state index in [2.05, 4.69) is 15.3 Å². The van der Waals surface area contributed by atoms with Crippen molar-refractivity contribution in [2.45, 2.75) is 19.9 Å². The second kappa shape index (κ2) is 5.90. The summed E-state index contributed by atoms with van der Waals surface area (Å²) in [6, 6.07) is 2.17. The van der Waals surface area contributed by atoms with Crippen molar-refractivity contribution >= 4 is 22.6 Å². The van der Waals surface area contributed by atoms with E-state index in [1.54, 1.807) is 0 Å². The Hall–Kier alpha value is -2.44. The van der Waals surface area contributed by atoms with Gasteiger partial charge in [0, 0.05) is 11.5 Å². The number of carbonyl (C=O) groups is 1. The van der Waals surface area contributed by atoms with Crippen LogP contribution < -0.4 is 15.8 Å². The van der Waals surface area contributed by atoms with Crippen LogP contribution >= 0.6 is 0 Å². The highest BCUT2D eigenvalue weighted by Crippen LogP contribution is 2.28. The number of methoxy groups -OCH3 is 1. The number of halogens is 1. The standard InChI is InChI=1S/C14H17FN4O2/c1-7(2)12(13(16)20)19-14-8-4-11(21-3)9(15)5-10(8)17-6-18-14/h4-7,12H,1-3H3,(H2,16,20)(H,17,18,19). The van der Waals surface area contributed by atoms with E-state index in [0.29, 0.717) is 16.7 Å². The van der Waals surface area contributed by atoms with Crippen LogP contribution in [-0.2, 0) is 4.79 Å². The second-order valence-electron chi connectivity index (χ2n) is 4.99. The first kappa shape index (κ1) is 15.0. The summed E-state index contributed by atoms with van der Waals surface area (Å²) in [6.07, 6.45) is 1.30. The Morgan fingerprint density at radius 1 is 1.38 bits per heavy atom. The number of rotatable bonds is 5. The topological polar surface area (TPSA) is 90.1 Å². The summed E-state index contributed by atoms with van der Waals surface area (Å²) in [5.74, 6) is -0.512. The Kier molecular flexibility index (Phi) is 4.21. The molecule has 1 aromatic carbocycles. The van der Waals surface area contributed by atoms with Gasteiger partial charge in [-0.15, -0.1) is 0 Å². The lowest BCUT2D eigenvalue weighted by Crippen LogP contribution is -2.39. The monoisotopic (exact) mass is 292 g/mol. The highest BCUT2D eigenvalue weighted by atomic mass is 19.1. The van der Waals surface area contributed by atoms with Crippen LogP contribution in [0.5, 0.6) is 5.75 Å². The maximum absolute atomic E-state index is 13.7. The van der Waals surface area contributed by atoms with Gasteiger partial charge in [0.05, 0.1) is 12.6 Å². The SMILES string of the molecule is COc1cc2c(NC(C(N)=O)C(C)C)ncnc2cc1F. The molecule has 1 aromatic heterocycles. The Morgan fingerprint density at radius 3 is 2.67 bits per heavy atom. The van der Waals surface area contributed by atoms with E-state index in [-0.39, 0.29) is 11.7 Å². The molecule has 0 aliphatic rings. The number of hydrogen-bond donors (Lipinski definition) is 2. The number of anilines is 1. The van der Waals surface area contributed by atoms with Gasteiger partial charge < -0.3 is 15.8 Å². The molecule has 1 unspecified atom stereocenters. The lowest BCUT2D eigenvalue weighted by atomic mass is 10.0. The molecule has 0 bridgehead atoms. The minimum atomic E-state index is -0.584. The Labute approximate surface area is 121 Å². The smallest absolute Gasteiger partial charge is 0.240 e. The first-order valence-corrected chi connectivity index (χ1v) is 6.48. The number of primary amides is 1. The van der Waals surface area contributed by atoms with Crippen LogP contribution in [0.2, 0.25) is 0 Å². The van der Waals surface area contributed by atoms with Crippen LogP contribution in [0, 0.1) is 11.7 Å². The van der Waals surface area contributed by atoms with E-state index in [9.17, 15) is 9.18 Å². The summed E-state index contributed by atoms with van der Waals surface area (Å²) in [6.45, 7) is 3.73. The highest BCUT2D eigenvalue weighted by Gasteiger charge is 2.21. The van der Waals surface area contributed by atoms with E-state index >= 15 is 0 Å². The summed E-state index contributed by atoms with van der Waals surface area (Å²) in [5, 5.41) is 3.55. The molecule has 0 aliphatic carbocycles. The lowest BCUT2D eigenvalue weighted by molar-refractivity contribution is -0.119. The first-order chi connectivity index (χ1) is 9.93. The van der Waals surface area contributed by atoms with Crippen LogP contribution in [0.15, 0.2) is 18.5 Å². The number of hydrogen-bond acceptors (Lipinski definition) is 5. The van der Waals surface area contributed by atoms with E-state index in [1.165, 1.54) is 25.6 Å². The molecule has 2 aromatic rings. The number of aromatic nitrogens is 2. The number of ether oxygens (including phenoxy) is 1. The summed E-state index contributed by atoms with van der Waals surface area (Å²) in [7, 11) is 1.38. The number of nitrogens with two attached hydrogens (primary N) is 1. The van der Waals surface area contributed by atoms with Gasteiger partial charge in [-0.05, 0) is 12.0 Å². The molecule has 1 atom stereocenters. The van der Waals surface area contributed by atoms with E-state index in [4.69, 9.17) is 10.5 Å². The molecule has 7 heteroatoms. The van der Waals surface area contributed by atoms with Crippen molar-refractivity contribution < 1.29 is 13.9 Å². The van der Waals surface area contributed by atoms with Crippen molar-refractivity contribution in [2.24, 2.45) is 11.7 Å². The number of nitrogens with one attached hydrogen (secondary N) is 1. The van der Waals surface area contributed by atoms with Crippen molar-refractivity contribution in [2.75, 3.05) is 12.4 Å². The Balaban J connectivity index is 2.51. The molecule has 0 radical (unpaired) electrons.